The highest BCUT2D eigenvalue weighted by Crippen LogP contribution is 2.31. The first-order valence-corrected chi connectivity index (χ1v) is 8.70. The lowest BCUT2D eigenvalue weighted by atomic mass is 10.1. The Morgan fingerprint density at radius 2 is 2.14 bits per heavy atom. The van der Waals surface area contributed by atoms with Gasteiger partial charge in [0.15, 0.2) is 5.82 Å². The second kappa shape index (κ2) is 6.52. The van der Waals surface area contributed by atoms with Gasteiger partial charge in [0, 0.05) is 30.0 Å². The summed E-state index contributed by atoms with van der Waals surface area (Å²) in [5, 5.41) is 3.98. The fraction of sp³-hybridized carbons (Fsp3) is 0.438. The van der Waals surface area contributed by atoms with Gasteiger partial charge < -0.3 is 9.42 Å². The predicted molar refractivity (Wildman–Crippen MR) is 86.2 cm³/mol. The number of carbonyl (C=O) groups excluding carboxylic acids is 1. The first-order valence-electron chi connectivity index (χ1n) is 7.48. The second-order valence-electron chi connectivity index (χ2n) is 5.40. The smallest absolute Gasteiger partial charge is 0.232 e. The maximum Gasteiger partial charge on any atom is 0.232 e. The topological polar surface area (TPSA) is 59.2 Å². The van der Waals surface area contributed by atoms with Crippen molar-refractivity contribution in [3.05, 3.63) is 36.0 Å². The summed E-state index contributed by atoms with van der Waals surface area (Å²) >= 11 is 1.69. The molecular formula is C16H19N3O2S. The molecule has 0 N–H and O–H groups in total. The van der Waals surface area contributed by atoms with Crippen LogP contribution in [0.25, 0.3) is 0 Å². The molecule has 1 aromatic heterocycles. The van der Waals surface area contributed by atoms with Crippen LogP contribution in [0, 0.1) is 0 Å². The molecule has 22 heavy (non-hydrogen) atoms. The van der Waals surface area contributed by atoms with Crippen LogP contribution in [0.3, 0.4) is 0 Å². The molecule has 6 heteroatoms. The highest BCUT2D eigenvalue weighted by molar-refractivity contribution is 7.98. The Morgan fingerprint density at radius 3 is 2.82 bits per heavy atom. The Morgan fingerprint density at radius 1 is 1.36 bits per heavy atom. The molecule has 116 valence electrons. The van der Waals surface area contributed by atoms with E-state index in [1.54, 1.807) is 16.7 Å². The fourth-order valence-corrected chi connectivity index (χ4v) is 3.05. The van der Waals surface area contributed by atoms with E-state index in [9.17, 15) is 4.79 Å². The molecule has 1 amide bonds. The Bertz CT molecular complexity index is 654. The van der Waals surface area contributed by atoms with Gasteiger partial charge in [-0.2, -0.15) is 4.98 Å². The normalized spacial score (nSPS) is 18.2. The lowest BCUT2D eigenvalue weighted by molar-refractivity contribution is -0.117. The number of hydrogen-bond donors (Lipinski definition) is 0. The summed E-state index contributed by atoms with van der Waals surface area (Å²) in [4.78, 5) is 19.7. The lowest BCUT2D eigenvalue weighted by Gasteiger charge is -2.16. The van der Waals surface area contributed by atoms with Gasteiger partial charge in [-0.3, -0.25) is 4.79 Å². The van der Waals surface area contributed by atoms with Crippen molar-refractivity contribution in [3.63, 3.8) is 0 Å². The van der Waals surface area contributed by atoms with Gasteiger partial charge in [-0.15, -0.1) is 11.8 Å². The van der Waals surface area contributed by atoms with Crippen LogP contribution in [0.2, 0.25) is 0 Å². The summed E-state index contributed by atoms with van der Waals surface area (Å²) in [6.45, 7) is 2.68. The number of nitrogens with zero attached hydrogens (tertiary/aromatic N) is 3. The van der Waals surface area contributed by atoms with Crippen molar-refractivity contribution in [3.8, 4) is 0 Å². The van der Waals surface area contributed by atoms with Crippen LogP contribution in [-0.2, 0) is 11.2 Å². The summed E-state index contributed by atoms with van der Waals surface area (Å²) in [6.07, 6.45) is 4.26. The molecule has 5 nitrogen and oxygen atoms in total. The number of carbonyl (C=O) groups is 1. The summed E-state index contributed by atoms with van der Waals surface area (Å²) in [5.41, 5.74) is 0.929. The van der Waals surface area contributed by atoms with Crippen LogP contribution in [0.4, 0.5) is 5.69 Å². The van der Waals surface area contributed by atoms with Crippen LogP contribution >= 0.6 is 11.8 Å². The molecule has 1 aliphatic rings. The summed E-state index contributed by atoms with van der Waals surface area (Å²) in [7, 11) is 0. The highest BCUT2D eigenvalue weighted by Gasteiger charge is 2.35. The van der Waals surface area contributed by atoms with Gasteiger partial charge in [0.05, 0.1) is 5.92 Å². The minimum Gasteiger partial charge on any atom is -0.339 e. The quantitative estimate of drug-likeness (QED) is 0.792. The van der Waals surface area contributed by atoms with Crippen LogP contribution in [-0.4, -0.2) is 28.8 Å². The molecular weight excluding hydrogens is 298 g/mol. The zero-order valence-electron chi connectivity index (χ0n) is 12.8. The van der Waals surface area contributed by atoms with Crippen LogP contribution < -0.4 is 4.90 Å². The number of aryl methyl sites for hydroxylation is 1. The van der Waals surface area contributed by atoms with Crippen LogP contribution in [0.5, 0.6) is 0 Å². The van der Waals surface area contributed by atoms with E-state index in [4.69, 9.17) is 4.52 Å². The third-order valence-corrected chi connectivity index (χ3v) is 4.56. The summed E-state index contributed by atoms with van der Waals surface area (Å²) in [6, 6.07) is 8.05. The molecule has 0 aliphatic carbocycles. The molecule has 1 atom stereocenters. The van der Waals surface area contributed by atoms with E-state index in [2.05, 4.69) is 17.1 Å². The molecule has 1 aromatic carbocycles. The Kier molecular flexibility index (Phi) is 4.47. The molecule has 2 heterocycles. The van der Waals surface area contributed by atoms with E-state index in [1.165, 1.54) is 4.90 Å². The zero-order chi connectivity index (χ0) is 15.5. The third-order valence-electron chi connectivity index (χ3n) is 3.82. The molecule has 2 aromatic rings. The van der Waals surface area contributed by atoms with Crippen molar-refractivity contribution < 1.29 is 9.32 Å². The molecule has 3 rings (SSSR count). The van der Waals surface area contributed by atoms with Crippen LogP contribution in [0.15, 0.2) is 33.7 Å². The van der Waals surface area contributed by atoms with E-state index in [0.29, 0.717) is 18.9 Å². The SMILES string of the molecule is CCCc1noc(C2CC(=O)N(c3ccc(SC)cc3)C2)n1. The highest BCUT2D eigenvalue weighted by atomic mass is 32.2. The molecule has 1 aliphatic heterocycles. The third kappa shape index (κ3) is 3.02. The van der Waals surface area contributed by atoms with Gasteiger partial charge in [-0.25, -0.2) is 0 Å². The molecule has 0 spiro atoms. The first kappa shape index (κ1) is 15.1. The Labute approximate surface area is 134 Å². The van der Waals surface area contributed by atoms with Gasteiger partial charge >= 0.3 is 0 Å². The number of anilines is 1. The number of thioether (sulfide) groups is 1. The average molecular weight is 317 g/mol. The van der Waals surface area contributed by atoms with Gasteiger partial charge in [0.2, 0.25) is 11.8 Å². The first-order chi connectivity index (χ1) is 10.7. The van der Waals surface area contributed by atoms with E-state index in [1.807, 2.05) is 30.5 Å². The molecule has 0 bridgehead atoms. The molecule has 1 saturated heterocycles. The van der Waals surface area contributed by atoms with Gasteiger partial charge in [-0.1, -0.05) is 12.1 Å². The zero-order valence-corrected chi connectivity index (χ0v) is 13.6. The number of rotatable bonds is 5. The number of hydrogen-bond acceptors (Lipinski definition) is 5. The van der Waals surface area contributed by atoms with Crippen molar-refractivity contribution in [1.82, 2.24) is 10.1 Å². The maximum atomic E-state index is 12.3. The van der Waals surface area contributed by atoms with E-state index in [0.717, 1.165) is 24.4 Å². The lowest BCUT2D eigenvalue weighted by Crippen LogP contribution is -2.24. The number of aromatic nitrogens is 2. The molecule has 0 saturated carbocycles. The summed E-state index contributed by atoms with van der Waals surface area (Å²) in [5.74, 6) is 1.41. The predicted octanol–water partition coefficient (Wildman–Crippen LogP) is 3.26. The Balaban J connectivity index is 1.74. The van der Waals surface area contributed by atoms with E-state index >= 15 is 0 Å². The second-order valence-corrected chi connectivity index (χ2v) is 6.28. The van der Waals surface area contributed by atoms with E-state index < -0.39 is 0 Å². The van der Waals surface area contributed by atoms with Gasteiger partial charge in [0.25, 0.3) is 0 Å². The average Bonchev–Trinajstić information content (AvgIpc) is 3.14. The standard InChI is InChI=1S/C16H19N3O2S/c1-3-4-14-17-16(21-18-14)11-9-15(20)19(10-11)12-5-7-13(22-2)8-6-12/h5-8,11H,3-4,9-10H2,1-2H3. The molecule has 1 unspecified atom stereocenters. The largest absolute Gasteiger partial charge is 0.339 e. The van der Waals surface area contributed by atoms with Gasteiger partial charge in [0.1, 0.15) is 0 Å². The monoisotopic (exact) mass is 317 g/mol. The molecule has 0 radical (unpaired) electrons. The van der Waals surface area contributed by atoms with Gasteiger partial charge in [-0.05, 0) is 36.9 Å². The molecule has 1 fully saturated rings. The van der Waals surface area contributed by atoms with Crippen molar-refractivity contribution in [2.24, 2.45) is 0 Å². The summed E-state index contributed by atoms with van der Waals surface area (Å²) < 4.78 is 5.33. The maximum absolute atomic E-state index is 12.3. The van der Waals surface area contributed by atoms with Crippen molar-refractivity contribution in [1.29, 1.82) is 0 Å². The van der Waals surface area contributed by atoms with Crippen LogP contribution in [0.1, 0.15) is 37.4 Å². The van der Waals surface area contributed by atoms with Crippen molar-refractivity contribution in [2.75, 3.05) is 17.7 Å². The number of benzene rings is 1. The Hall–Kier alpha value is -1.82. The minimum absolute atomic E-state index is 0.00849. The van der Waals surface area contributed by atoms with Crippen molar-refractivity contribution in [2.45, 2.75) is 37.0 Å². The van der Waals surface area contributed by atoms with E-state index in [-0.39, 0.29) is 11.8 Å². The fourth-order valence-electron chi connectivity index (χ4n) is 2.64. The minimum atomic E-state index is -0.00849. The van der Waals surface area contributed by atoms with Crippen molar-refractivity contribution >= 4 is 23.4 Å². The number of amides is 1.